The Morgan fingerprint density at radius 3 is 2.58 bits per heavy atom. The van der Waals surface area contributed by atoms with Gasteiger partial charge >= 0.3 is 6.18 Å². The first-order valence-corrected chi connectivity index (χ1v) is 3.19. The van der Waals surface area contributed by atoms with Gasteiger partial charge in [0, 0.05) is 0 Å². The quantitative estimate of drug-likeness (QED) is 0.638. The summed E-state index contributed by atoms with van der Waals surface area (Å²) in [5, 5.41) is 0. The Morgan fingerprint density at radius 1 is 1.42 bits per heavy atom. The molecule has 0 unspecified atom stereocenters. The van der Waals surface area contributed by atoms with Gasteiger partial charge in [-0.3, -0.25) is 0 Å². The monoisotopic (exact) mass is 182 g/mol. The number of halogens is 4. The van der Waals surface area contributed by atoms with Gasteiger partial charge < -0.3 is 4.57 Å². The van der Waals surface area contributed by atoms with Gasteiger partial charge in [-0.1, -0.05) is 0 Å². The van der Waals surface area contributed by atoms with Gasteiger partial charge in [0.05, 0.1) is 19.1 Å². The molecule has 1 rings (SSSR count). The van der Waals surface area contributed by atoms with Gasteiger partial charge in [-0.25, -0.2) is 9.37 Å². The third kappa shape index (κ3) is 1.75. The van der Waals surface area contributed by atoms with E-state index < -0.39 is 18.5 Å². The van der Waals surface area contributed by atoms with Crippen molar-refractivity contribution in [3.63, 3.8) is 0 Å². The molecule has 0 bridgehead atoms. The van der Waals surface area contributed by atoms with E-state index in [1.165, 1.54) is 0 Å². The zero-order valence-electron chi connectivity index (χ0n) is 5.98. The Morgan fingerprint density at radius 2 is 2.08 bits per heavy atom. The van der Waals surface area contributed by atoms with Crippen LogP contribution in [-0.2, 0) is 12.7 Å². The molecule has 12 heavy (non-hydrogen) atoms. The molecular formula is C6H6F4N2. The zero-order valence-corrected chi connectivity index (χ0v) is 5.98. The standard InChI is InChI=1S/C6H6F4N2/c7-1-2-12-4-11-3-5(12)6(8,9)10/h3-4H,1-2H2. The highest BCUT2D eigenvalue weighted by Crippen LogP contribution is 2.28. The maximum atomic E-state index is 12.0. The Kier molecular flexibility index (Phi) is 2.35. The zero-order chi connectivity index (χ0) is 9.19. The SMILES string of the molecule is FCCn1cncc1C(F)(F)F. The fourth-order valence-electron chi connectivity index (χ4n) is 0.826. The number of rotatable bonds is 2. The van der Waals surface area contributed by atoms with Crippen LogP contribution in [0.25, 0.3) is 0 Å². The van der Waals surface area contributed by atoms with Gasteiger partial charge in [-0.05, 0) is 0 Å². The second kappa shape index (κ2) is 3.12. The number of aryl methyl sites for hydroxylation is 1. The van der Waals surface area contributed by atoms with Crippen LogP contribution in [0.4, 0.5) is 17.6 Å². The number of hydrogen-bond acceptors (Lipinski definition) is 1. The number of hydrogen-bond donors (Lipinski definition) is 0. The Bertz CT molecular complexity index is 252. The van der Waals surface area contributed by atoms with E-state index in [4.69, 9.17) is 0 Å². The third-order valence-electron chi connectivity index (χ3n) is 1.33. The Labute approximate surface area is 65.8 Å². The van der Waals surface area contributed by atoms with E-state index in [2.05, 4.69) is 4.98 Å². The molecule has 0 fully saturated rings. The van der Waals surface area contributed by atoms with Gasteiger partial charge in [0.15, 0.2) is 0 Å². The van der Waals surface area contributed by atoms with E-state index in [0.717, 1.165) is 10.9 Å². The van der Waals surface area contributed by atoms with Crippen LogP contribution in [0.3, 0.4) is 0 Å². The molecule has 0 radical (unpaired) electrons. The lowest BCUT2D eigenvalue weighted by Crippen LogP contribution is -2.13. The average molecular weight is 182 g/mol. The first kappa shape index (κ1) is 9.02. The molecule has 0 aliphatic rings. The van der Waals surface area contributed by atoms with E-state index in [-0.39, 0.29) is 6.54 Å². The third-order valence-corrected chi connectivity index (χ3v) is 1.33. The Hall–Kier alpha value is -1.07. The van der Waals surface area contributed by atoms with Gasteiger partial charge in [0.1, 0.15) is 12.4 Å². The summed E-state index contributed by atoms with van der Waals surface area (Å²) in [5.74, 6) is 0. The maximum Gasteiger partial charge on any atom is 0.432 e. The first-order chi connectivity index (χ1) is 5.55. The van der Waals surface area contributed by atoms with E-state index in [1.807, 2.05) is 0 Å². The topological polar surface area (TPSA) is 17.8 Å². The van der Waals surface area contributed by atoms with Crippen molar-refractivity contribution in [2.24, 2.45) is 0 Å². The number of aromatic nitrogens is 2. The van der Waals surface area contributed by atoms with Gasteiger partial charge in [0.25, 0.3) is 0 Å². The van der Waals surface area contributed by atoms with Crippen molar-refractivity contribution in [1.29, 1.82) is 0 Å². The fraction of sp³-hybridized carbons (Fsp3) is 0.500. The second-order valence-corrected chi connectivity index (χ2v) is 2.16. The molecule has 0 spiro atoms. The predicted octanol–water partition coefficient (Wildman–Crippen LogP) is 1.87. The lowest BCUT2D eigenvalue weighted by atomic mass is 10.4. The minimum absolute atomic E-state index is 0.311. The van der Waals surface area contributed by atoms with Gasteiger partial charge in [0.2, 0.25) is 0 Å². The smallest absolute Gasteiger partial charge is 0.324 e. The molecule has 0 atom stereocenters. The highest BCUT2D eigenvalue weighted by molar-refractivity contribution is 5.02. The van der Waals surface area contributed by atoms with Crippen molar-refractivity contribution in [2.45, 2.75) is 12.7 Å². The van der Waals surface area contributed by atoms with Gasteiger partial charge in [-0.2, -0.15) is 13.2 Å². The van der Waals surface area contributed by atoms with Crippen molar-refractivity contribution < 1.29 is 17.6 Å². The second-order valence-electron chi connectivity index (χ2n) is 2.16. The Balaban J connectivity index is 2.91. The number of nitrogens with zero attached hydrogens (tertiary/aromatic N) is 2. The van der Waals surface area contributed by atoms with Crippen molar-refractivity contribution in [2.75, 3.05) is 6.67 Å². The van der Waals surface area contributed by atoms with Crippen LogP contribution in [0, 0.1) is 0 Å². The molecule has 0 aliphatic carbocycles. The highest BCUT2D eigenvalue weighted by atomic mass is 19.4. The van der Waals surface area contributed by atoms with E-state index in [1.54, 1.807) is 0 Å². The minimum Gasteiger partial charge on any atom is -0.324 e. The fourth-order valence-corrected chi connectivity index (χ4v) is 0.826. The lowest BCUT2D eigenvalue weighted by molar-refractivity contribution is -0.143. The number of alkyl halides is 4. The summed E-state index contributed by atoms with van der Waals surface area (Å²) in [6.45, 7) is -1.14. The number of imidazole rings is 1. The van der Waals surface area contributed by atoms with Crippen LogP contribution in [0.2, 0.25) is 0 Å². The molecule has 2 nitrogen and oxygen atoms in total. The normalized spacial score (nSPS) is 12.0. The highest BCUT2D eigenvalue weighted by Gasteiger charge is 2.34. The molecule has 0 amide bonds. The molecule has 68 valence electrons. The molecule has 0 saturated heterocycles. The summed E-state index contributed by atoms with van der Waals surface area (Å²) < 4.78 is 48.5. The van der Waals surface area contributed by atoms with Crippen LogP contribution >= 0.6 is 0 Å². The van der Waals surface area contributed by atoms with Crippen molar-refractivity contribution in [1.82, 2.24) is 9.55 Å². The van der Waals surface area contributed by atoms with Crippen molar-refractivity contribution >= 4 is 0 Å². The lowest BCUT2D eigenvalue weighted by Gasteiger charge is -2.08. The van der Waals surface area contributed by atoms with E-state index >= 15 is 0 Å². The molecule has 0 aliphatic heterocycles. The van der Waals surface area contributed by atoms with Crippen molar-refractivity contribution in [3.8, 4) is 0 Å². The van der Waals surface area contributed by atoms with Crippen LogP contribution in [0.5, 0.6) is 0 Å². The van der Waals surface area contributed by atoms with E-state index in [0.29, 0.717) is 6.20 Å². The molecule has 0 saturated carbocycles. The van der Waals surface area contributed by atoms with Gasteiger partial charge in [-0.15, -0.1) is 0 Å². The molecule has 1 heterocycles. The summed E-state index contributed by atoms with van der Waals surface area (Å²) >= 11 is 0. The van der Waals surface area contributed by atoms with Crippen LogP contribution < -0.4 is 0 Å². The average Bonchev–Trinajstić information content (AvgIpc) is 2.34. The summed E-state index contributed by atoms with van der Waals surface area (Å²) in [7, 11) is 0. The molecule has 0 aromatic carbocycles. The van der Waals surface area contributed by atoms with Crippen LogP contribution in [-0.4, -0.2) is 16.2 Å². The summed E-state index contributed by atoms with van der Waals surface area (Å²) in [6, 6.07) is 0. The molecule has 0 N–H and O–H groups in total. The summed E-state index contributed by atoms with van der Waals surface area (Å²) in [6.07, 6.45) is -2.82. The van der Waals surface area contributed by atoms with Crippen LogP contribution in [0.1, 0.15) is 5.69 Å². The summed E-state index contributed by atoms with van der Waals surface area (Å²) in [5.41, 5.74) is -0.917. The first-order valence-electron chi connectivity index (χ1n) is 3.19. The largest absolute Gasteiger partial charge is 0.432 e. The molecular weight excluding hydrogens is 176 g/mol. The van der Waals surface area contributed by atoms with Crippen LogP contribution in [0.15, 0.2) is 12.5 Å². The maximum absolute atomic E-state index is 12.0. The van der Waals surface area contributed by atoms with Crippen molar-refractivity contribution in [3.05, 3.63) is 18.2 Å². The molecule has 1 aromatic heterocycles. The minimum atomic E-state index is -4.45. The molecule has 1 aromatic rings. The molecule has 6 heteroatoms. The summed E-state index contributed by atoms with van der Waals surface area (Å²) in [4.78, 5) is 3.28. The van der Waals surface area contributed by atoms with E-state index in [9.17, 15) is 17.6 Å². The predicted molar refractivity (Wildman–Crippen MR) is 33.2 cm³/mol.